The molecule has 0 unspecified atom stereocenters. The highest BCUT2D eigenvalue weighted by Crippen LogP contribution is 2.40. The molecule has 0 aliphatic carbocycles. The Hall–Kier alpha value is -4.65. The molecule has 1 aliphatic heterocycles. The molecular weight excluding hydrogens is 591 g/mol. The molecular formula is C31H35FN4O7S. The highest BCUT2D eigenvalue weighted by molar-refractivity contribution is 7.92. The SMILES string of the molecule is COc1cc([C@H](Nc2cccc(C(N)=O)c2)C(=O)N2CCC[C@@H]2c2cc(N(C)C(=O)O)ccc2S(=O)(=O)C(C)C)ccc1F. The molecule has 0 saturated carbocycles. The van der Waals surface area contributed by atoms with E-state index in [1.807, 2.05) is 0 Å². The maximum absolute atomic E-state index is 14.4. The van der Waals surface area contributed by atoms with Crippen molar-refractivity contribution in [2.75, 3.05) is 30.9 Å². The molecule has 0 radical (unpaired) electrons. The number of hydrogen-bond donors (Lipinski definition) is 3. The molecule has 0 aromatic heterocycles. The predicted molar refractivity (Wildman–Crippen MR) is 163 cm³/mol. The van der Waals surface area contributed by atoms with Crippen LogP contribution in [0.1, 0.15) is 60.3 Å². The summed E-state index contributed by atoms with van der Waals surface area (Å²) in [6, 6.07) is 12.8. The van der Waals surface area contributed by atoms with Crippen LogP contribution >= 0.6 is 0 Å². The van der Waals surface area contributed by atoms with Crippen molar-refractivity contribution >= 4 is 39.1 Å². The van der Waals surface area contributed by atoms with Gasteiger partial charge in [0, 0.05) is 30.5 Å². The fraction of sp³-hybridized carbons (Fsp3) is 0.323. The number of carbonyl (C=O) groups excluding carboxylic acids is 2. The van der Waals surface area contributed by atoms with E-state index < -0.39 is 50.9 Å². The van der Waals surface area contributed by atoms with Crippen molar-refractivity contribution in [1.82, 2.24) is 4.90 Å². The molecule has 2 atom stereocenters. The number of anilines is 2. The molecule has 0 bridgehead atoms. The lowest BCUT2D eigenvalue weighted by Crippen LogP contribution is -2.38. The van der Waals surface area contributed by atoms with Crippen molar-refractivity contribution in [3.63, 3.8) is 0 Å². The summed E-state index contributed by atoms with van der Waals surface area (Å²) in [4.78, 5) is 40.5. The first-order valence-corrected chi connectivity index (χ1v) is 15.5. The van der Waals surface area contributed by atoms with Crippen molar-refractivity contribution in [2.45, 2.75) is 48.9 Å². The summed E-state index contributed by atoms with van der Waals surface area (Å²) in [6.07, 6.45) is -0.265. The smallest absolute Gasteiger partial charge is 0.411 e. The van der Waals surface area contributed by atoms with E-state index in [4.69, 9.17) is 10.5 Å². The van der Waals surface area contributed by atoms with Crippen LogP contribution in [0.15, 0.2) is 65.6 Å². The average Bonchev–Trinajstić information content (AvgIpc) is 3.49. The third kappa shape index (κ3) is 6.47. The second kappa shape index (κ2) is 12.9. The second-order valence-corrected chi connectivity index (χ2v) is 13.2. The van der Waals surface area contributed by atoms with E-state index in [0.717, 1.165) is 4.90 Å². The second-order valence-electron chi connectivity index (χ2n) is 10.8. The minimum atomic E-state index is -3.83. The van der Waals surface area contributed by atoms with Crippen molar-refractivity contribution in [1.29, 1.82) is 0 Å². The molecule has 11 nitrogen and oxygen atoms in total. The van der Waals surface area contributed by atoms with E-state index in [0.29, 0.717) is 29.7 Å². The summed E-state index contributed by atoms with van der Waals surface area (Å²) in [5.41, 5.74) is 6.97. The van der Waals surface area contributed by atoms with Gasteiger partial charge in [-0.2, -0.15) is 0 Å². The monoisotopic (exact) mass is 626 g/mol. The quantitative estimate of drug-likeness (QED) is 0.291. The maximum Gasteiger partial charge on any atom is 0.411 e. The first-order valence-electron chi connectivity index (χ1n) is 13.9. The summed E-state index contributed by atoms with van der Waals surface area (Å²) >= 11 is 0. The topological polar surface area (TPSA) is 159 Å². The van der Waals surface area contributed by atoms with Crippen LogP contribution in [0.4, 0.5) is 20.6 Å². The number of rotatable bonds is 10. The fourth-order valence-corrected chi connectivity index (χ4v) is 6.51. The van der Waals surface area contributed by atoms with Crippen LogP contribution in [0.3, 0.4) is 0 Å². The van der Waals surface area contributed by atoms with E-state index >= 15 is 0 Å². The first kappa shape index (κ1) is 32.3. The molecule has 4 rings (SSSR count). The van der Waals surface area contributed by atoms with Gasteiger partial charge in [0.1, 0.15) is 6.04 Å². The van der Waals surface area contributed by atoms with Crippen LogP contribution in [-0.2, 0) is 14.6 Å². The third-order valence-corrected chi connectivity index (χ3v) is 9.93. The number of nitrogens with one attached hydrogen (secondary N) is 1. The number of sulfone groups is 1. The molecule has 1 fully saturated rings. The van der Waals surface area contributed by atoms with E-state index in [9.17, 15) is 32.3 Å². The molecule has 1 saturated heterocycles. The van der Waals surface area contributed by atoms with Crippen LogP contribution in [-0.4, -0.2) is 62.3 Å². The van der Waals surface area contributed by atoms with Gasteiger partial charge in [-0.1, -0.05) is 12.1 Å². The zero-order chi connectivity index (χ0) is 32.3. The summed E-state index contributed by atoms with van der Waals surface area (Å²) < 4.78 is 46.4. The third-order valence-electron chi connectivity index (χ3n) is 7.70. The number of ether oxygens (including phenoxy) is 1. The Morgan fingerprint density at radius 1 is 1.11 bits per heavy atom. The number of benzene rings is 3. The zero-order valence-electron chi connectivity index (χ0n) is 24.8. The Kier molecular flexibility index (Phi) is 9.47. The Balaban J connectivity index is 1.84. The molecule has 4 N–H and O–H groups in total. The number of likely N-dealkylation sites (tertiary alicyclic amines) is 1. The van der Waals surface area contributed by atoms with E-state index in [2.05, 4.69) is 5.32 Å². The first-order chi connectivity index (χ1) is 20.8. The van der Waals surface area contributed by atoms with Gasteiger partial charge in [-0.25, -0.2) is 17.6 Å². The van der Waals surface area contributed by atoms with Gasteiger partial charge in [0.15, 0.2) is 21.4 Å². The Morgan fingerprint density at radius 2 is 1.84 bits per heavy atom. The van der Waals surface area contributed by atoms with Gasteiger partial charge in [0.2, 0.25) is 11.8 Å². The van der Waals surface area contributed by atoms with E-state index in [-0.39, 0.29) is 28.4 Å². The Morgan fingerprint density at radius 3 is 2.48 bits per heavy atom. The van der Waals surface area contributed by atoms with Crippen LogP contribution in [0.2, 0.25) is 0 Å². The highest BCUT2D eigenvalue weighted by Gasteiger charge is 2.38. The Labute approximate surface area is 255 Å². The van der Waals surface area contributed by atoms with Crippen LogP contribution < -0.4 is 20.7 Å². The van der Waals surface area contributed by atoms with Gasteiger partial charge in [-0.3, -0.25) is 14.5 Å². The normalized spacial score (nSPS) is 15.6. The summed E-state index contributed by atoms with van der Waals surface area (Å²) in [6.45, 7) is 3.38. The summed E-state index contributed by atoms with van der Waals surface area (Å²) in [5, 5.41) is 11.9. The minimum absolute atomic E-state index is 0.0156. The van der Waals surface area contributed by atoms with Gasteiger partial charge < -0.3 is 25.8 Å². The van der Waals surface area contributed by atoms with Gasteiger partial charge in [-0.15, -0.1) is 0 Å². The van der Waals surface area contributed by atoms with Crippen molar-refractivity contribution in [2.24, 2.45) is 5.73 Å². The van der Waals surface area contributed by atoms with Crippen LogP contribution in [0.25, 0.3) is 0 Å². The molecule has 234 valence electrons. The molecule has 3 aromatic carbocycles. The number of halogens is 1. The van der Waals surface area contributed by atoms with Gasteiger partial charge in [-0.05, 0) is 86.3 Å². The zero-order valence-corrected chi connectivity index (χ0v) is 25.6. The van der Waals surface area contributed by atoms with E-state index in [1.54, 1.807) is 30.9 Å². The highest BCUT2D eigenvalue weighted by atomic mass is 32.2. The standard InChI is InChI=1S/C31H35FN4O7S/c1-18(2)44(41,42)27-13-11-22(35(3)31(39)40)17-23(27)25-9-6-14-36(25)30(38)28(19-10-12-24(32)26(16-19)43-4)34-21-8-5-7-20(15-21)29(33)37/h5,7-8,10-13,15-18,25,28,34H,6,9,14H2,1-4H3,(H2,33,37)(H,39,40)/t25-,28+/m1/s1. The van der Waals surface area contributed by atoms with Gasteiger partial charge in [0.05, 0.1) is 23.3 Å². The predicted octanol–water partition coefficient (Wildman–Crippen LogP) is 4.75. The van der Waals surface area contributed by atoms with Crippen molar-refractivity contribution in [3.8, 4) is 5.75 Å². The molecule has 1 aliphatic rings. The van der Waals surface area contributed by atoms with Gasteiger partial charge in [0.25, 0.3) is 0 Å². The minimum Gasteiger partial charge on any atom is -0.494 e. The lowest BCUT2D eigenvalue weighted by atomic mass is 10.0. The van der Waals surface area contributed by atoms with Gasteiger partial charge >= 0.3 is 6.09 Å². The van der Waals surface area contributed by atoms with Crippen molar-refractivity contribution < 1.29 is 37.0 Å². The Bertz CT molecular complexity index is 1700. The molecule has 13 heteroatoms. The lowest BCUT2D eigenvalue weighted by molar-refractivity contribution is -0.133. The maximum atomic E-state index is 14.4. The number of nitrogens with zero attached hydrogens (tertiary/aromatic N) is 2. The number of carbonyl (C=O) groups is 3. The molecule has 0 spiro atoms. The van der Waals surface area contributed by atoms with Crippen molar-refractivity contribution in [3.05, 3.63) is 83.2 Å². The van der Waals surface area contributed by atoms with E-state index in [1.165, 1.54) is 62.7 Å². The molecule has 1 heterocycles. The van der Waals surface area contributed by atoms with Crippen LogP contribution in [0, 0.1) is 5.82 Å². The van der Waals surface area contributed by atoms with Crippen LogP contribution in [0.5, 0.6) is 5.75 Å². The number of methoxy groups -OCH3 is 1. The average molecular weight is 627 g/mol. The summed E-state index contributed by atoms with van der Waals surface area (Å²) in [5.74, 6) is -1.82. The largest absolute Gasteiger partial charge is 0.494 e. The molecule has 3 amide bonds. The summed E-state index contributed by atoms with van der Waals surface area (Å²) in [7, 11) is -1.18. The molecule has 3 aromatic rings. The number of amides is 3. The molecule has 44 heavy (non-hydrogen) atoms. The number of nitrogens with two attached hydrogens (primary N) is 1. The number of hydrogen-bond acceptors (Lipinski definition) is 7. The number of carboxylic acid groups (broad SMARTS) is 1. The number of primary amides is 1. The lowest BCUT2D eigenvalue weighted by Gasteiger charge is -2.32. The fourth-order valence-electron chi connectivity index (χ4n) is 5.22.